The first kappa shape index (κ1) is 21.7. The standard InChI is InChI=1S/C20H18BrF3N4O2S/c1-30-12-6-4-11(5-7-12)10-25-19(29)17-16(21)18-26-13(14-3-2-8-31-14)9-15(20(22,23)24)28(18)27-17/h2-8,13,15,26H,9-10H2,1H3,(H,25,29)/t13-,15+/m0/s1. The van der Waals surface area contributed by atoms with E-state index in [4.69, 9.17) is 4.74 Å². The van der Waals surface area contributed by atoms with Gasteiger partial charge in [-0.25, -0.2) is 4.68 Å². The summed E-state index contributed by atoms with van der Waals surface area (Å²) in [4.78, 5) is 13.5. The Balaban J connectivity index is 1.58. The van der Waals surface area contributed by atoms with Gasteiger partial charge >= 0.3 is 6.18 Å². The van der Waals surface area contributed by atoms with Gasteiger partial charge in [0.05, 0.1) is 17.6 Å². The van der Waals surface area contributed by atoms with Gasteiger partial charge in [0.15, 0.2) is 11.7 Å². The molecular weight excluding hydrogens is 497 g/mol. The number of thiophene rings is 1. The van der Waals surface area contributed by atoms with Crippen LogP contribution in [0.4, 0.5) is 19.0 Å². The summed E-state index contributed by atoms with van der Waals surface area (Å²) in [5.74, 6) is 0.255. The van der Waals surface area contributed by atoms with Gasteiger partial charge in [0, 0.05) is 17.8 Å². The monoisotopic (exact) mass is 514 g/mol. The fraction of sp³-hybridized carbons (Fsp3) is 0.300. The van der Waals surface area contributed by atoms with Crippen LogP contribution in [0.15, 0.2) is 46.3 Å². The molecule has 1 amide bonds. The van der Waals surface area contributed by atoms with Gasteiger partial charge in [0.25, 0.3) is 5.91 Å². The van der Waals surface area contributed by atoms with Gasteiger partial charge in [-0.2, -0.15) is 18.3 Å². The lowest BCUT2D eigenvalue weighted by Crippen LogP contribution is -2.35. The Kier molecular flexibility index (Phi) is 5.98. The molecule has 1 aromatic carbocycles. The van der Waals surface area contributed by atoms with Crippen molar-refractivity contribution in [2.24, 2.45) is 0 Å². The number of methoxy groups -OCH3 is 1. The second-order valence-electron chi connectivity index (χ2n) is 6.99. The van der Waals surface area contributed by atoms with Crippen molar-refractivity contribution in [2.45, 2.75) is 31.2 Å². The van der Waals surface area contributed by atoms with E-state index in [0.29, 0.717) is 5.75 Å². The normalized spacial score (nSPS) is 18.2. The average molecular weight is 515 g/mol. The van der Waals surface area contributed by atoms with Crippen LogP contribution in [0.3, 0.4) is 0 Å². The van der Waals surface area contributed by atoms with E-state index in [1.54, 1.807) is 43.5 Å². The Morgan fingerprint density at radius 3 is 2.71 bits per heavy atom. The van der Waals surface area contributed by atoms with Crippen molar-refractivity contribution < 1.29 is 22.7 Å². The lowest BCUT2D eigenvalue weighted by molar-refractivity contribution is -0.173. The van der Waals surface area contributed by atoms with E-state index < -0.39 is 24.2 Å². The quantitative estimate of drug-likeness (QED) is 0.484. The highest BCUT2D eigenvalue weighted by Gasteiger charge is 2.47. The largest absolute Gasteiger partial charge is 0.497 e. The number of amides is 1. The van der Waals surface area contributed by atoms with E-state index >= 15 is 0 Å². The number of rotatable bonds is 5. The van der Waals surface area contributed by atoms with E-state index in [2.05, 4.69) is 31.7 Å². The van der Waals surface area contributed by atoms with Crippen molar-refractivity contribution in [2.75, 3.05) is 12.4 Å². The summed E-state index contributed by atoms with van der Waals surface area (Å²) in [5.41, 5.74) is 0.718. The third-order valence-corrected chi connectivity index (χ3v) is 6.75. The van der Waals surface area contributed by atoms with E-state index in [0.717, 1.165) is 15.1 Å². The van der Waals surface area contributed by atoms with Crippen molar-refractivity contribution >= 4 is 39.0 Å². The number of benzene rings is 1. The minimum Gasteiger partial charge on any atom is -0.497 e. The maximum absolute atomic E-state index is 13.8. The number of fused-ring (bicyclic) bond motifs is 1. The molecule has 1 aliphatic heterocycles. The highest BCUT2D eigenvalue weighted by Crippen LogP contribution is 2.46. The molecule has 0 aliphatic carbocycles. The molecule has 2 aromatic heterocycles. The van der Waals surface area contributed by atoms with Crippen LogP contribution >= 0.6 is 27.3 Å². The van der Waals surface area contributed by atoms with Gasteiger partial charge in [-0.3, -0.25) is 4.79 Å². The first-order valence-electron chi connectivity index (χ1n) is 9.33. The molecule has 2 N–H and O–H groups in total. The topological polar surface area (TPSA) is 68.2 Å². The minimum atomic E-state index is -4.51. The summed E-state index contributed by atoms with van der Waals surface area (Å²) >= 11 is 4.66. The van der Waals surface area contributed by atoms with Crippen molar-refractivity contribution in [1.29, 1.82) is 0 Å². The number of nitrogens with one attached hydrogen (secondary N) is 2. The SMILES string of the molecule is COc1ccc(CNC(=O)c2nn3c(c2Br)N[C@H](c2cccs2)C[C@@H]3C(F)(F)F)cc1. The molecule has 6 nitrogen and oxygen atoms in total. The Labute approximate surface area is 188 Å². The molecule has 3 heterocycles. The summed E-state index contributed by atoms with van der Waals surface area (Å²) < 4.78 is 47.5. The average Bonchev–Trinajstić information content (AvgIpc) is 3.40. The number of hydrogen-bond acceptors (Lipinski definition) is 5. The molecule has 4 rings (SSSR count). The summed E-state index contributed by atoms with van der Waals surface area (Å²) in [6.45, 7) is 0.200. The molecule has 31 heavy (non-hydrogen) atoms. The molecule has 0 saturated heterocycles. The van der Waals surface area contributed by atoms with Gasteiger partial charge in [0.1, 0.15) is 11.6 Å². The zero-order chi connectivity index (χ0) is 22.2. The third kappa shape index (κ3) is 4.42. The van der Waals surface area contributed by atoms with Crippen molar-refractivity contribution in [3.05, 3.63) is 62.4 Å². The summed E-state index contributed by atoms with van der Waals surface area (Å²) in [5, 5.41) is 11.6. The highest BCUT2D eigenvalue weighted by molar-refractivity contribution is 9.10. The number of hydrogen-bond donors (Lipinski definition) is 2. The molecule has 11 heteroatoms. The number of alkyl halides is 3. The number of carbonyl (C=O) groups excluding carboxylic acids is 1. The molecule has 0 saturated carbocycles. The lowest BCUT2D eigenvalue weighted by Gasteiger charge is -2.33. The Hall–Kier alpha value is -2.53. The highest BCUT2D eigenvalue weighted by atomic mass is 79.9. The van der Waals surface area contributed by atoms with Crippen molar-refractivity contribution in [3.63, 3.8) is 0 Å². The summed E-state index contributed by atoms with van der Waals surface area (Å²) in [7, 11) is 1.56. The number of nitrogens with zero attached hydrogens (tertiary/aromatic N) is 2. The molecule has 0 bridgehead atoms. The van der Waals surface area contributed by atoms with Crippen molar-refractivity contribution in [1.82, 2.24) is 15.1 Å². The molecule has 164 valence electrons. The molecular formula is C20H18BrF3N4O2S. The van der Waals surface area contributed by atoms with Gasteiger partial charge in [-0.05, 0) is 45.1 Å². The van der Waals surface area contributed by atoms with Crippen LogP contribution in [0.1, 0.15) is 39.4 Å². The van der Waals surface area contributed by atoms with E-state index in [1.807, 2.05) is 5.38 Å². The Morgan fingerprint density at radius 1 is 1.35 bits per heavy atom. The van der Waals surface area contributed by atoms with E-state index in [-0.39, 0.29) is 29.0 Å². The number of halogens is 4. The lowest BCUT2D eigenvalue weighted by atomic mass is 10.0. The molecule has 2 atom stereocenters. The third-order valence-electron chi connectivity index (χ3n) is 5.01. The molecule has 0 fully saturated rings. The number of anilines is 1. The Morgan fingerprint density at radius 2 is 2.10 bits per heavy atom. The smallest absolute Gasteiger partial charge is 0.410 e. The fourth-order valence-corrected chi connectivity index (χ4v) is 4.77. The van der Waals surface area contributed by atoms with E-state index in [1.165, 1.54) is 11.3 Å². The summed E-state index contributed by atoms with van der Waals surface area (Å²) in [6, 6.07) is 8.32. The van der Waals surface area contributed by atoms with Crippen LogP contribution in [0, 0.1) is 0 Å². The van der Waals surface area contributed by atoms with E-state index in [9.17, 15) is 18.0 Å². The zero-order valence-electron chi connectivity index (χ0n) is 16.2. The van der Waals surface area contributed by atoms with Crippen LogP contribution in [0.2, 0.25) is 0 Å². The summed E-state index contributed by atoms with van der Waals surface area (Å²) in [6.07, 6.45) is -4.72. The predicted molar refractivity (Wildman–Crippen MR) is 114 cm³/mol. The number of ether oxygens (including phenoxy) is 1. The second kappa shape index (κ2) is 8.54. The van der Waals surface area contributed by atoms with Crippen LogP contribution in [-0.4, -0.2) is 29.0 Å². The minimum absolute atomic E-state index is 0.0999. The van der Waals surface area contributed by atoms with Gasteiger partial charge < -0.3 is 15.4 Å². The van der Waals surface area contributed by atoms with Crippen LogP contribution in [0.25, 0.3) is 0 Å². The molecule has 0 unspecified atom stereocenters. The fourth-order valence-electron chi connectivity index (χ4n) is 3.42. The number of aromatic nitrogens is 2. The van der Waals surface area contributed by atoms with Crippen molar-refractivity contribution in [3.8, 4) is 5.75 Å². The van der Waals surface area contributed by atoms with Gasteiger partial charge in [-0.1, -0.05) is 18.2 Å². The van der Waals surface area contributed by atoms with Gasteiger partial charge in [0.2, 0.25) is 0 Å². The zero-order valence-corrected chi connectivity index (χ0v) is 18.6. The Bertz CT molecular complexity index is 1070. The molecule has 0 spiro atoms. The molecule has 1 aliphatic rings. The predicted octanol–water partition coefficient (Wildman–Crippen LogP) is 5.31. The molecule has 3 aromatic rings. The first-order chi connectivity index (χ1) is 14.8. The number of carbonyl (C=O) groups is 1. The first-order valence-corrected chi connectivity index (χ1v) is 11.0. The van der Waals surface area contributed by atoms with Gasteiger partial charge in [-0.15, -0.1) is 11.3 Å². The maximum atomic E-state index is 13.8. The second-order valence-corrected chi connectivity index (χ2v) is 8.76. The maximum Gasteiger partial charge on any atom is 0.410 e. The van der Waals surface area contributed by atoms with Crippen LogP contribution in [0.5, 0.6) is 5.75 Å². The molecule has 0 radical (unpaired) electrons. The van der Waals surface area contributed by atoms with Crippen LogP contribution < -0.4 is 15.4 Å². The van der Waals surface area contributed by atoms with Crippen LogP contribution in [-0.2, 0) is 6.54 Å².